The molecule has 0 saturated carbocycles. The summed E-state index contributed by atoms with van der Waals surface area (Å²) in [6.45, 7) is 9.12. The van der Waals surface area contributed by atoms with Crippen LogP contribution < -0.4 is 5.32 Å². The van der Waals surface area contributed by atoms with Crippen LogP contribution in [0.1, 0.15) is 45.6 Å². The van der Waals surface area contributed by atoms with Gasteiger partial charge in [-0.2, -0.15) is 0 Å². The van der Waals surface area contributed by atoms with Crippen molar-refractivity contribution in [2.75, 3.05) is 19.0 Å². The second kappa shape index (κ2) is 5.96. The van der Waals surface area contributed by atoms with E-state index in [9.17, 15) is 0 Å². The molecule has 0 aliphatic heterocycles. The van der Waals surface area contributed by atoms with E-state index in [4.69, 9.17) is 4.74 Å². The maximum atomic E-state index is 5.55. The molecule has 4 nitrogen and oxygen atoms in total. The van der Waals surface area contributed by atoms with Crippen LogP contribution in [0.4, 0.5) is 5.82 Å². The minimum absolute atomic E-state index is 0.407. The van der Waals surface area contributed by atoms with Crippen LogP contribution in [0.15, 0.2) is 6.07 Å². The Balaban J connectivity index is 3.18. The Bertz CT molecular complexity index is 362. The number of methoxy groups -OCH3 is 1. The van der Waals surface area contributed by atoms with Crippen LogP contribution in [0.2, 0.25) is 0 Å². The van der Waals surface area contributed by atoms with E-state index in [0.717, 1.165) is 36.7 Å². The van der Waals surface area contributed by atoms with E-state index >= 15 is 0 Å². The molecule has 1 unspecified atom stereocenters. The van der Waals surface area contributed by atoms with E-state index in [-0.39, 0.29) is 0 Å². The fraction of sp³-hybridized carbons (Fsp3) is 0.692. The van der Waals surface area contributed by atoms with Gasteiger partial charge in [-0.1, -0.05) is 13.8 Å². The molecular formula is C13H23N3O. The molecule has 0 amide bonds. The minimum atomic E-state index is -0.407. The molecule has 1 heterocycles. The second-order valence-corrected chi connectivity index (χ2v) is 4.24. The van der Waals surface area contributed by atoms with Crippen molar-refractivity contribution in [3.05, 3.63) is 17.6 Å². The van der Waals surface area contributed by atoms with Gasteiger partial charge in [0.2, 0.25) is 0 Å². The monoisotopic (exact) mass is 237 g/mol. The summed E-state index contributed by atoms with van der Waals surface area (Å²) in [6.07, 6.45) is 1.75. The fourth-order valence-electron chi connectivity index (χ4n) is 1.58. The largest absolute Gasteiger partial charge is 0.371 e. The highest BCUT2D eigenvalue weighted by Gasteiger charge is 2.28. The first-order valence-electron chi connectivity index (χ1n) is 6.27. The normalized spacial score (nSPS) is 14.4. The lowest BCUT2D eigenvalue weighted by Gasteiger charge is -2.25. The van der Waals surface area contributed by atoms with Crippen molar-refractivity contribution >= 4 is 5.82 Å². The van der Waals surface area contributed by atoms with Gasteiger partial charge in [-0.3, -0.25) is 0 Å². The predicted octanol–water partition coefficient (Wildman–Crippen LogP) is 2.74. The van der Waals surface area contributed by atoms with Gasteiger partial charge in [-0.05, 0) is 26.7 Å². The molecule has 96 valence electrons. The first-order valence-corrected chi connectivity index (χ1v) is 6.27. The molecule has 0 aliphatic carbocycles. The molecule has 0 bridgehead atoms. The van der Waals surface area contributed by atoms with Crippen molar-refractivity contribution < 1.29 is 4.74 Å². The summed E-state index contributed by atoms with van der Waals surface area (Å²) in [6, 6.07) is 2.00. The van der Waals surface area contributed by atoms with E-state index < -0.39 is 5.60 Å². The van der Waals surface area contributed by atoms with Crippen LogP contribution in [-0.4, -0.2) is 23.6 Å². The van der Waals surface area contributed by atoms with Crippen molar-refractivity contribution in [2.24, 2.45) is 0 Å². The lowest BCUT2D eigenvalue weighted by Crippen LogP contribution is -2.27. The molecule has 1 rings (SSSR count). The molecular weight excluding hydrogens is 214 g/mol. The minimum Gasteiger partial charge on any atom is -0.371 e. The number of hydrogen-bond donors (Lipinski definition) is 1. The Morgan fingerprint density at radius 2 is 2.00 bits per heavy atom. The quantitative estimate of drug-likeness (QED) is 0.826. The summed E-state index contributed by atoms with van der Waals surface area (Å²) in [4.78, 5) is 9.11. The van der Waals surface area contributed by atoms with Gasteiger partial charge < -0.3 is 10.1 Å². The van der Waals surface area contributed by atoms with E-state index in [1.165, 1.54) is 0 Å². The number of nitrogens with one attached hydrogen (secondary N) is 1. The van der Waals surface area contributed by atoms with Gasteiger partial charge in [0.05, 0.1) is 0 Å². The van der Waals surface area contributed by atoms with E-state index in [1.807, 2.05) is 13.0 Å². The molecule has 1 aromatic rings. The first kappa shape index (κ1) is 13.9. The molecule has 4 heteroatoms. The molecule has 1 aromatic heterocycles. The Morgan fingerprint density at radius 3 is 2.47 bits per heavy atom. The van der Waals surface area contributed by atoms with Gasteiger partial charge in [0.15, 0.2) is 5.82 Å². The number of ether oxygens (including phenoxy) is 1. The standard InChI is InChI=1S/C13H23N3O/c1-6-10-9-11(14-8-3)16-12(15-10)13(4,7-2)17-5/h9H,6-8H2,1-5H3,(H,14,15,16). The molecule has 0 aliphatic rings. The van der Waals surface area contributed by atoms with Crippen LogP contribution in [0.3, 0.4) is 0 Å². The van der Waals surface area contributed by atoms with Crippen LogP contribution in [0, 0.1) is 0 Å². The zero-order valence-corrected chi connectivity index (χ0v) is 11.5. The highest BCUT2D eigenvalue weighted by Crippen LogP contribution is 2.26. The van der Waals surface area contributed by atoms with Gasteiger partial charge in [0.25, 0.3) is 0 Å². The van der Waals surface area contributed by atoms with Gasteiger partial charge in [-0.15, -0.1) is 0 Å². The maximum absolute atomic E-state index is 5.55. The average molecular weight is 237 g/mol. The molecule has 1 N–H and O–H groups in total. The molecule has 0 aromatic carbocycles. The SMILES string of the molecule is CCNc1cc(CC)nc(C(C)(CC)OC)n1. The first-order chi connectivity index (χ1) is 8.09. The highest BCUT2D eigenvalue weighted by atomic mass is 16.5. The van der Waals surface area contributed by atoms with Crippen LogP contribution in [0.25, 0.3) is 0 Å². The number of rotatable bonds is 6. The van der Waals surface area contributed by atoms with Crippen molar-refractivity contribution in [3.63, 3.8) is 0 Å². The molecule has 0 saturated heterocycles. The van der Waals surface area contributed by atoms with Gasteiger partial charge in [-0.25, -0.2) is 9.97 Å². The lowest BCUT2D eigenvalue weighted by atomic mass is 10.0. The van der Waals surface area contributed by atoms with E-state index in [2.05, 4.69) is 36.1 Å². The van der Waals surface area contributed by atoms with Crippen LogP contribution in [-0.2, 0) is 16.8 Å². The zero-order chi connectivity index (χ0) is 12.9. The van der Waals surface area contributed by atoms with Crippen LogP contribution >= 0.6 is 0 Å². The summed E-state index contributed by atoms with van der Waals surface area (Å²) in [5.74, 6) is 1.64. The van der Waals surface area contributed by atoms with Crippen molar-refractivity contribution in [3.8, 4) is 0 Å². The third kappa shape index (κ3) is 3.16. The molecule has 0 radical (unpaired) electrons. The molecule has 17 heavy (non-hydrogen) atoms. The second-order valence-electron chi connectivity index (χ2n) is 4.24. The smallest absolute Gasteiger partial charge is 0.162 e. The highest BCUT2D eigenvalue weighted by molar-refractivity contribution is 5.36. The predicted molar refractivity (Wildman–Crippen MR) is 70.2 cm³/mol. The van der Waals surface area contributed by atoms with Gasteiger partial charge in [0, 0.05) is 25.4 Å². The Hall–Kier alpha value is -1.16. The zero-order valence-electron chi connectivity index (χ0n) is 11.5. The summed E-state index contributed by atoms with van der Waals surface area (Å²) in [7, 11) is 1.71. The van der Waals surface area contributed by atoms with Gasteiger partial charge in [0.1, 0.15) is 11.4 Å². The topological polar surface area (TPSA) is 47.0 Å². The Morgan fingerprint density at radius 1 is 1.29 bits per heavy atom. The van der Waals surface area contributed by atoms with E-state index in [0.29, 0.717) is 0 Å². The third-order valence-electron chi connectivity index (χ3n) is 3.10. The fourth-order valence-corrected chi connectivity index (χ4v) is 1.58. The maximum Gasteiger partial charge on any atom is 0.162 e. The lowest BCUT2D eigenvalue weighted by molar-refractivity contribution is -0.00902. The van der Waals surface area contributed by atoms with E-state index in [1.54, 1.807) is 7.11 Å². The summed E-state index contributed by atoms with van der Waals surface area (Å²) < 4.78 is 5.55. The summed E-state index contributed by atoms with van der Waals surface area (Å²) >= 11 is 0. The van der Waals surface area contributed by atoms with Gasteiger partial charge >= 0.3 is 0 Å². The summed E-state index contributed by atoms with van der Waals surface area (Å²) in [5, 5.41) is 3.24. The number of anilines is 1. The molecule has 0 fully saturated rings. The Kier molecular flexibility index (Phi) is 4.87. The summed E-state index contributed by atoms with van der Waals surface area (Å²) in [5.41, 5.74) is 0.637. The van der Waals surface area contributed by atoms with Crippen molar-refractivity contribution in [1.82, 2.24) is 9.97 Å². The number of nitrogens with zero attached hydrogens (tertiary/aromatic N) is 2. The molecule has 1 atom stereocenters. The number of hydrogen-bond acceptors (Lipinski definition) is 4. The number of aryl methyl sites for hydroxylation is 1. The van der Waals surface area contributed by atoms with Crippen molar-refractivity contribution in [2.45, 2.75) is 46.1 Å². The molecule has 0 spiro atoms. The van der Waals surface area contributed by atoms with Crippen LogP contribution in [0.5, 0.6) is 0 Å². The Labute approximate surface area is 104 Å². The average Bonchev–Trinajstić information content (AvgIpc) is 2.37. The van der Waals surface area contributed by atoms with Crippen molar-refractivity contribution in [1.29, 1.82) is 0 Å². The third-order valence-corrected chi connectivity index (χ3v) is 3.10. The number of aromatic nitrogens is 2.